The van der Waals surface area contributed by atoms with Crippen molar-refractivity contribution in [3.05, 3.63) is 0 Å². The fraction of sp³-hybridized carbons (Fsp3) is 1.00. The normalized spacial score (nSPS) is 31.4. The van der Waals surface area contributed by atoms with Gasteiger partial charge in [-0.1, -0.05) is 0 Å². The van der Waals surface area contributed by atoms with Gasteiger partial charge in [0, 0.05) is 39.3 Å². The number of morpholine rings is 2. The van der Waals surface area contributed by atoms with Gasteiger partial charge < -0.3 is 14.2 Å². The number of nitrogens with zero attached hydrogens (tertiary/aromatic N) is 2. The SMILES string of the molecule is CC(CN1CC(C)OC(C)C1)OCCN1CCOCC1. The predicted molar refractivity (Wildman–Crippen MR) is 79.1 cm³/mol. The Kier molecular flexibility index (Phi) is 6.71. The van der Waals surface area contributed by atoms with Gasteiger partial charge in [0.15, 0.2) is 0 Å². The average molecular weight is 286 g/mol. The first-order chi connectivity index (χ1) is 9.63. The maximum atomic E-state index is 5.95. The van der Waals surface area contributed by atoms with E-state index in [1.807, 2.05) is 0 Å². The molecule has 2 heterocycles. The zero-order chi connectivity index (χ0) is 14.4. The minimum Gasteiger partial charge on any atom is -0.379 e. The molecule has 2 aliphatic heterocycles. The molecule has 2 rings (SSSR count). The molecule has 5 nitrogen and oxygen atoms in total. The summed E-state index contributed by atoms with van der Waals surface area (Å²) in [6.45, 7) is 15.1. The van der Waals surface area contributed by atoms with E-state index in [1.54, 1.807) is 0 Å². The van der Waals surface area contributed by atoms with Crippen molar-refractivity contribution in [1.82, 2.24) is 9.80 Å². The molecule has 0 radical (unpaired) electrons. The highest BCUT2D eigenvalue weighted by Crippen LogP contribution is 2.11. The van der Waals surface area contributed by atoms with Gasteiger partial charge in [-0.3, -0.25) is 9.80 Å². The van der Waals surface area contributed by atoms with Crippen molar-refractivity contribution >= 4 is 0 Å². The Balaban J connectivity index is 1.58. The van der Waals surface area contributed by atoms with Crippen LogP contribution in [-0.2, 0) is 14.2 Å². The standard InChI is InChI=1S/C15H30N2O3/c1-13(10-17-11-14(2)20-15(3)12-17)19-9-6-16-4-7-18-8-5-16/h13-15H,4-12H2,1-3H3. The Bertz CT molecular complexity index is 262. The summed E-state index contributed by atoms with van der Waals surface area (Å²) in [5.41, 5.74) is 0. The van der Waals surface area contributed by atoms with Crippen LogP contribution in [0.15, 0.2) is 0 Å². The van der Waals surface area contributed by atoms with Gasteiger partial charge >= 0.3 is 0 Å². The lowest BCUT2D eigenvalue weighted by Gasteiger charge is -2.36. The third-order valence-corrected chi connectivity index (χ3v) is 3.92. The van der Waals surface area contributed by atoms with E-state index in [1.165, 1.54) is 0 Å². The molecule has 0 saturated carbocycles. The van der Waals surface area contributed by atoms with Crippen LogP contribution in [0.4, 0.5) is 0 Å². The van der Waals surface area contributed by atoms with Gasteiger partial charge in [0.1, 0.15) is 0 Å². The van der Waals surface area contributed by atoms with E-state index in [4.69, 9.17) is 14.2 Å². The number of ether oxygens (including phenoxy) is 3. The van der Waals surface area contributed by atoms with Gasteiger partial charge in [-0.05, 0) is 20.8 Å². The van der Waals surface area contributed by atoms with Crippen LogP contribution in [0.1, 0.15) is 20.8 Å². The maximum Gasteiger partial charge on any atom is 0.0678 e. The van der Waals surface area contributed by atoms with Crippen molar-refractivity contribution in [2.24, 2.45) is 0 Å². The fourth-order valence-corrected chi connectivity index (χ4v) is 3.06. The predicted octanol–water partition coefficient (Wildman–Crippen LogP) is 0.833. The molecule has 3 unspecified atom stereocenters. The smallest absolute Gasteiger partial charge is 0.0678 e. The molecule has 0 N–H and O–H groups in total. The Morgan fingerprint density at radius 2 is 1.75 bits per heavy atom. The van der Waals surface area contributed by atoms with E-state index >= 15 is 0 Å². The highest BCUT2D eigenvalue weighted by atomic mass is 16.5. The molecule has 0 aromatic heterocycles. The lowest BCUT2D eigenvalue weighted by atomic mass is 10.2. The summed E-state index contributed by atoms with van der Waals surface area (Å²) in [6, 6.07) is 0. The van der Waals surface area contributed by atoms with Crippen molar-refractivity contribution in [3.8, 4) is 0 Å². The van der Waals surface area contributed by atoms with Crippen LogP contribution < -0.4 is 0 Å². The van der Waals surface area contributed by atoms with Crippen LogP contribution in [0.25, 0.3) is 0 Å². The minimum absolute atomic E-state index is 0.286. The summed E-state index contributed by atoms with van der Waals surface area (Å²) in [5, 5.41) is 0. The van der Waals surface area contributed by atoms with Crippen LogP contribution in [0, 0.1) is 0 Å². The van der Waals surface area contributed by atoms with Crippen molar-refractivity contribution in [2.45, 2.75) is 39.1 Å². The molecule has 118 valence electrons. The van der Waals surface area contributed by atoms with Crippen LogP contribution in [0.3, 0.4) is 0 Å². The minimum atomic E-state index is 0.286. The van der Waals surface area contributed by atoms with Gasteiger partial charge in [0.25, 0.3) is 0 Å². The van der Waals surface area contributed by atoms with E-state index in [2.05, 4.69) is 30.6 Å². The third kappa shape index (κ3) is 5.66. The molecule has 0 amide bonds. The lowest BCUT2D eigenvalue weighted by Crippen LogP contribution is -2.48. The molecule has 2 saturated heterocycles. The van der Waals surface area contributed by atoms with Crippen molar-refractivity contribution in [3.63, 3.8) is 0 Å². The molecule has 2 aliphatic rings. The zero-order valence-corrected chi connectivity index (χ0v) is 13.2. The number of rotatable bonds is 6. The first kappa shape index (κ1) is 16.2. The quantitative estimate of drug-likeness (QED) is 0.722. The molecule has 0 aromatic carbocycles. The fourth-order valence-electron chi connectivity index (χ4n) is 3.06. The highest BCUT2D eigenvalue weighted by molar-refractivity contribution is 4.74. The summed E-state index contributed by atoms with van der Waals surface area (Å²) < 4.78 is 17.1. The lowest BCUT2D eigenvalue weighted by molar-refractivity contribution is -0.0818. The number of hydrogen-bond donors (Lipinski definition) is 0. The van der Waals surface area contributed by atoms with Crippen LogP contribution >= 0.6 is 0 Å². The maximum absolute atomic E-state index is 5.95. The molecule has 20 heavy (non-hydrogen) atoms. The topological polar surface area (TPSA) is 34.2 Å². The van der Waals surface area contributed by atoms with E-state index in [9.17, 15) is 0 Å². The summed E-state index contributed by atoms with van der Waals surface area (Å²) in [4.78, 5) is 4.87. The molecular formula is C15H30N2O3. The van der Waals surface area contributed by atoms with E-state index in [0.717, 1.165) is 59.1 Å². The van der Waals surface area contributed by atoms with Crippen molar-refractivity contribution in [2.75, 3.05) is 59.1 Å². The van der Waals surface area contributed by atoms with E-state index in [-0.39, 0.29) is 6.10 Å². The van der Waals surface area contributed by atoms with Gasteiger partial charge in [0.05, 0.1) is 38.1 Å². The molecule has 0 aliphatic carbocycles. The zero-order valence-electron chi connectivity index (χ0n) is 13.2. The molecular weight excluding hydrogens is 256 g/mol. The molecule has 2 fully saturated rings. The second-order valence-electron chi connectivity index (χ2n) is 6.11. The van der Waals surface area contributed by atoms with Crippen LogP contribution in [0.5, 0.6) is 0 Å². The van der Waals surface area contributed by atoms with E-state index < -0.39 is 0 Å². The Morgan fingerprint density at radius 3 is 2.40 bits per heavy atom. The Morgan fingerprint density at radius 1 is 1.10 bits per heavy atom. The van der Waals surface area contributed by atoms with Crippen molar-refractivity contribution < 1.29 is 14.2 Å². The largest absolute Gasteiger partial charge is 0.379 e. The van der Waals surface area contributed by atoms with Gasteiger partial charge in [-0.25, -0.2) is 0 Å². The van der Waals surface area contributed by atoms with Gasteiger partial charge in [0.2, 0.25) is 0 Å². The van der Waals surface area contributed by atoms with Crippen molar-refractivity contribution in [1.29, 1.82) is 0 Å². The molecule has 0 aromatic rings. The average Bonchev–Trinajstić information content (AvgIpc) is 2.38. The number of hydrogen-bond acceptors (Lipinski definition) is 5. The third-order valence-electron chi connectivity index (χ3n) is 3.92. The summed E-state index contributed by atoms with van der Waals surface area (Å²) in [6.07, 6.45) is 0.951. The second kappa shape index (κ2) is 8.29. The summed E-state index contributed by atoms with van der Waals surface area (Å²) >= 11 is 0. The van der Waals surface area contributed by atoms with Gasteiger partial charge in [-0.15, -0.1) is 0 Å². The molecule has 0 bridgehead atoms. The Hall–Kier alpha value is -0.200. The van der Waals surface area contributed by atoms with Crippen LogP contribution in [0.2, 0.25) is 0 Å². The van der Waals surface area contributed by atoms with Gasteiger partial charge in [-0.2, -0.15) is 0 Å². The molecule has 0 spiro atoms. The highest BCUT2D eigenvalue weighted by Gasteiger charge is 2.23. The summed E-state index contributed by atoms with van der Waals surface area (Å²) in [5.74, 6) is 0. The van der Waals surface area contributed by atoms with E-state index in [0.29, 0.717) is 12.2 Å². The molecule has 3 atom stereocenters. The second-order valence-corrected chi connectivity index (χ2v) is 6.11. The summed E-state index contributed by atoms with van der Waals surface area (Å²) in [7, 11) is 0. The monoisotopic (exact) mass is 286 g/mol. The van der Waals surface area contributed by atoms with Crippen LogP contribution in [-0.4, -0.2) is 87.2 Å². The first-order valence-electron chi connectivity index (χ1n) is 7.93. The molecule has 5 heteroatoms. The first-order valence-corrected chi connectivity index (χ1v) is 7.93. The Labute approximate surface area is 123 Å².